The van der Waals surface area contributed by atoms with E-state index >= 15 is 0 Å². The number of hydrogen-bond acceptors (Lipinski definition) is 4. The maximum atomic E-state index is 11.5. The first-order chi connectivity index (χ1) is 9.72. The van der Waals surface area contributed by atoms with Crippen LogP contribution in [-0.2, 0) is 4.74 Å². The summed E-state index contributed by atoms with van der Waals surface area (Å²) >= 11 is 0. The molecule has 1 atom stereocenters. The predicted molar refractivity (Wildman–Crippen MR) is 78.8 cm³/mol. The lowest BCUT2D eigenvalue weighted by Crippen LogP contribution is -2.43. The van der Waals surface area contributed by atoms with Crippen molar-refractivity contribution in [1.82, 2.24) is 5.32 Å². The van der Waals surface area contributed by atoms with E-state index in [-0.39, 0.29) is 6.10 Å². The number of anilines is 1. The number of benzene rings is 1. The van der Waals surface area contributed by atoms with E-state index in [2.05, 4.69) is 5.32 Å². The summed E-state index contributed by atoms with van der Waals surface area (Å²) in [5, 5.41) is 3.50. The van der Waals surface area contributed by atoms with Crippen LogP contribution < -0.4 is 20.9 Å². The molecule has 0 radical (unpaired) electrons. The Balaban J connectivity index is 0.000000956. The van der Waals surface area contributed by atoms with Crippen LogP contribution in [0, 0.1) is 0 Å². The summed E-state index contributed by atoms with van der Waals surface area (Å²) in [5.41, 5.74) is 0.531. The van der Waals surface area contributed by atoms with Crippen molar-refractivity contribution >= 4 is 11.7 Å². The molecule has 1 aliphatic rings. The number of carbonyl (C=O) groups is 1. The van der Waals surface area contributed by atoms with Crippen LogP contribution in [0.25, 0.3) is 0 Å². The van der Waals surface area contributed by atoms with Crippen molar-refractivity contribution in [1.29, 1.82) is 0 Å². The zero-order valence-corrected chi connectivity index (χ0v) is 12.3. The molecule has 0 bridgehead atoms. The van der Waals surface area contributed by atoms with Gasteiger partial charge >= 0.3 is 6.03 Å². The highest BCUT2D eigenvalue weighted by molar-refractivity contribution is 5.92. The second-order valence-electron chi connectivity index (χ2n) is 4.00. The number of amides is 2. The van der Waals surface area contributed by atoms with Gasteiger partial charge in [-0.1, -0.05) is 26.0 Å². The van der Waals surface area contributed by atoms with E-state index in [9.17, 15) is 4.79 Å². The number of carbonyl (C=O) groups excluding carboxylic acids is 1. The van der Waals surface area contributed by atoms with Gasteiger partial charge in [0, 0.05) is 13.5 Å². The van der Waals surface area contributed by atoms with Crippen molar-refractivity contribution < 1.29 is 14.3 Å². The molecule has 0 aliphatic carbocycles. The largest absolute Gasteiger partial charge is 0.486 e. The molecular weight excluding hydrogens is 258 g/mol. The quantitative estimate of drug-likeness (QED) is 0.504. The minimum atomic E-state index is -0.395. The Kier molecular flexibility index (Phi) is 6.83. The molecule has 1 fully saturated rings. The number of urea groups is 1. The number of ether oxygens (including phenoxy) is 2. The lowest BCUT2D eigenvalue weighted by atomic mass is 10.2. The average Bonchev–Trinajstić information content (AvgIpc) is 3.01. The number of nitrogens with two attached hydrogens (primary N) is 1. The monoisotopic (exact) mass is 281 g/mol. The Labute approximate surface area is 119 Å². The Morgan fingerprint density at radius 2 is 2.15 bits per heavy atom. The number of nitrogens with zero attached hydrogens (tertiary/aromatic N) is 1. The number of nitrogens with one attached hydrogen (secondary N) is 1. The summed E-state index contributed by atoms with van der Waals surface area (Å²) in [6.07, 6.45) is 0.864. The van der Waals surface area contributed by atoms with Crippen molar-refractivity contribution in [2.45, 2.75) is 26.4 Å². The molecule has 0 saturated carbocycles. The fourth-order valence-corrected chi connectivity index (χ4v) is 1.77. The standard InChI is InChI=1S/C12H17N3O3.C2H6/c1-14-12(16)15(13)10-4-2-3-5-11(10)18-9-6-7-17-8-9;1-2/h2-5,9H,6-8,13H2,1H3,(H,14,16);1-2H3/t9-;/m0./s1. The van der Waals surface area contributed by atoms with Crippen LogP contribution in [0.3, 0.4) is 0 Å². The van der Waals surface area contributed by atoms with Gasteiger partial charge in [0.2, 0.25) is 0 Å². The van der Waals surface area contributed by atoms with Crippen molar-refractivity contribution in [2.24, 2.45) is 5.84 Å². The third-order valence-electron chi connectivity index (χ3n) is 2.74. The maximum absolute atomic E-state index is 11.5. The molecule has 0 unspecified atom stereocenters. The number of para-hydroxylation sites is 2. The van der Waals surface area contributed by atoms with Gasteiger partial charge in [-0.3, -0.25) is 0 Å². The van der Waals surface area contributed by atoms with Crippen molar-refractivity contribution in [2.75, 3.05) is 25.3 Å². The number of hydrogen-bond donors (Lipinski definition) is 2. The zero-order valence-electron chi connectivity index (χ0n) is 12.3. The molecule has 1 aromatic rings. The molecule has 1 saturated heterocycles. The van der Waals surface area contributed by atoms with E-state index in [1.807, 2.05) is 19.9 Å². The Morgan fingerprint density at radius 3 is 2.75 bits per heavy atom. The Morgan fingerprint density at radius 1 is 1.45 bits per heavy atom. The van der Waals surface area contributed by atoms with Gasteiger partial charge in [0.25, 0.3) is 0 Å². The van der Waals surface area contributed by atoms with Crippen LogP contribution in [-0.4, -0.2) is 32.4 Å². The second-order valence-corrected chi connectivity index (χ2v) is 4.00. The molecule has 20 heavy (non-hydrogen) atoms. The summed E-state index contributed by atoms with van der Waals surface area (Å²) in [4.78, 5) is 11.5. The smallest absolute Gasteiger partial charge is 0.336 e. The third-order valence-corrected chi connectivity index (χ3v) is 2.74. The van der Waals surface area contributed by atoms with E-state index in [1.54, 1.807) is 18.2 Å². The molecule has 6 heteroatoms. The molecular formula is C14H23N3O3. The van der Waals surface area contributed by atoms with Crippen LogP contribution in [0.15, 0.2) is 24.3 Å². The predicted octanol–water partition coefficient (Wildman–Crippen LogP) is 1.90. The fourth-order valence-electron chi connectivity index (χ4n) is 1.77. The van der Waals surface area contributed by atoms with Gasteiger partial charge in [0.15, 0.2) is 0 Å². The topological polar surface area (TPSA) is 76.8 Å². The summed E-state index contributed by atoms with van der Waals surface area (Å²) in [7, 11) is 1.52. The van der Waals surface area contributed by atoms with E-state index in [0.717, 1.165) is 11.4 Å². The lowest BCUT2D eigenvalue weighted by Gasteiger charge is -2.21. The third kappa shape index (κ3) is 4.11. The summed E-state index contributed by atoms with van der Waals surface area (Å²) < 4.78 is 11.0. The first kappa shape index (κ1) is 16.3. The Bertz CT molecular complexity index is 420. The molecule has 112 valence electrons. The van der Waals surface area contributed by atoms with Gasteiger partial charge in [0.05, 0.1) is 13.2 Å². The molecule has 1 heterocycles. The summed E-state index contributed by atoms with van der Waals surface area (Å²) in [6.45, 7) is 5.27. The normalized spacial score (nSPS) is 16.9. The second kappa shape index (κ2) is 8.39. The van der Waals surface area contributed by atoms with Gasteiger partial charge in [-0.05, 0) is 12.1 Å². The molecule has 0 spiro atoms. The highest BCUT2D eigenvalue weighted by Gasteiger charge is 2.21. The fraction of sp³-hybridized carbons (Fsp3) is 0.500. The SMILES string of the molecule is CC.CNC(=O)N(N)c1ccccc1O[C@H]1CCOC1. The zero-order chi connectivity index (χ0) is 15.0. The van der Waals surface area contributed by atoms with Crippen molar-refractivity contribution in [3.8, 4) is 5.75 Å². The van der Waals surface area contributed by atoms with E-state index < -0.39 is 6.03 Å². The molecule has 6 nitrogen and oxygen atoms in total. The van der Waals surface area contributed by atoms with E-state index in [1.165, 1.54) is 7.05 Å². The molecule has 2 rings (SSSR count). The van der Waals surface area contributed by atoms with Crippen LogP contribution in [0.1, 0.15) is 20.3 Å². The molecule has 1 aromatic carbocycles. The van der Waals surface area contributed by atoms with Gasteiger partial charge < -0.3 is 14.8 Å². The average molecular weight is 281 g/mol. The minimum Gasteiger partial charge on any atom is -0.486 e. The van der Waals surface area contributed by atoms with Crippen LogP contribution in [0.2, 0.25) is 0 Å². The molecule has 3 N–H and O–H groups in total. The first-order valence-electron chi connectivity index (χ1n) is 6.82. The number of hydrazine groups is 1. The summed E-state index contributed by atoms with van der Waals surface area (Å²) in [5.74, 6) is 6.32. The van der Waals surface area contributed by atoms with Crippen molar-refractivity contribution in [3.05, 3.63) is 24.3 Å². The van der Waals surface area contributed by atoms with Gasteiger partial charge in [-0.25, -0.2) is 15.6 Å². The highest BCUT2D eigenvalue weighted by atomic mass is 16.5. The van der Waals surface area contributed by atoms with Gasteiger partial charge in [0.1, 0.15) is 17.5 Å². The maximum Gasteiger partial charge on any atom is 0.336 e. The molecule has 1 aliphatic heterocycles. The van der Waals surface area contributed by atoms with Gasteiger partial charge in [-0.2, -0.15) is 0 Å². The lowest BCUT2D eigenvalue weighted by molar-refractivity contribution is 0.141. The Hall–Kier alpha value is -1.79. The molecule has 0 aromatic heterocycles. The summed E-state index contributed by atoms with van der Waals surface area (Å²) in [6, 6.07) is 6.77. The minimum absolute atomic E-state index is 0.0178. The van der Waals surface area contributed by atoms with Crippen molar-refractivity contribution in [3.63, 3.8) is 0 Å². The first-order valence-corrected chi connectivity index (χ1v) is 6.82. The van der Waals surface area contributed by atoms with Gasteiger partial charge in [-0.15, -0.1) is 0 Å². The number of rotatable bonds is 3. The highest BCUT2D eigenvalue weighted by Crippen LogP contribution is 2.28. The molecule has 2 amide bonds. The van der Waals surface area contributed by atoms with Crippen LogP contribution in [0.5, 0.6) is 5.75 Å². The van der Waals surface area contributed by atoms with Crippen LogP contribution >= 0.6 is 0 Å². The van der Waals surface area contributed by atoms with E-state index in [4.69, 9.17) is 15.3 Å². The van der Waals surface area contributed by atoms with Crippen LogP contribution in [0.4, 0.5) is 10.5 Å². The van der Waals surface area contributed by atoms with E-state index in [0.29, 0.717) is 24.7 Å².